The molecule has 0 spiro atoms. The summed E-state index contributed by atoms with van der Waals surface area (Å²) in [5.74, 6) is 2.36. The normalized spacial score (nSPS) is 10.1. The zero-order chi connectivity index (χ0) is 19.9. The van der Waals surface area contributed by atoms with Gasteiger partial charge in [-0.15, -0.1) is 0 Å². The molecule has 6 nitrogen and oxygen atoms in total. The standard InChI is InChI=1S/C22H20O6/c1-24-19-13-15(14-20(25-2)21(19)26-3)22(23)28-18-11-9-17(10-12-18)27-16-7-5-4-6-8-16/h4-14H,1-3H3. The Labute approximate surface area is 163 Å². The van der Waals surface area contributed by atoms with Gasteiger partial charge >= 0.3 is 5.97 Å². The largest absolute Gasteiger partial charge is 0.493 e. The number of ether oxygens (including phenoxy) is 5. The van der Waals surface area contributed by atoms with Gasteiger partial charge in [-0.2, -0.15) is 0 Å². The molecular formula is C22H20O6. The lowest BCUT2D eigenvalue weighted by Crippen LogP contribution is -2.09. The third-order valence-corrected chi connectivity index (χ3v) is 3.91. The SMILES string of the molecule is COc1cc(C(=O)Oc2ccc(Oc3ccccc3)cc2)cc(OC)c1OC. The van der Waals surface area contributed by atoms with E-state index in [2.05, 4.69) is 0 Å². The molecule has 0 heterocycles. The van der Waals surface area contributed by atoms with Crippen molar-refractivity contribution in [3.05, 3.63) is 72.3 Å². The Morgan fingerprint density at radius 2 is 1.21 bits per heavy atom. The van der Waals surface area contributed by atoms with Gasteiger partial charge in [0, 0.05) is 0 Å². The second kappa shape index (κ2) is 8.81. The second-order valence-corrected chi connectivity index (χ2v) is 5.69. The highest BCUT2D eigenvalue weighted by Gasteiger charge is 2.18. The summed E-state index contributed by atoms with van der Waals surface area (Å²) in [6, 6.07) is 19.3. The number of carbonyl (C=O) groups is 1. The lowest BCUT2D eigenvalue weighted by atomic mass is 10.2. The Kier molecular flexibility index (Phi) is 6.01. The van der Waals surface area contributed by atoms with Gasteiger partial charge in [-0.25, -0.2) is 4.79 Å². The summed E-state index contributed by atoms with van der Waals surface area (Å²) in [5, 5.41) is 0. The van der Waals surface area contributed by atoms with E-state index in [0.29, 0.717) is 28.7 Å². The third-order valence-electron chi connectivity index (χ3n) is 3.91. The van der Waals surface area contributed by atoms with Crippen LogP contribution in [0.1, 0.15) is 10.4 Å². The van der Waals surface area contributed by atoms with Crippen LogP contribution in [-0.2, 0) is 0 Å². The molecule has 0 unspecified atom stereocenters. The van der Waals surface area contributed by atoms with Crippen LogP contribution in [0, 0.1) is 0 Å². The first-order valence-corrected chi connectivity index (χ1v) is 8.49. The van der Waals surface area contributed by atoms with Crippen molar-refractivity contribution in [3.63, 3.8) is 0 Å². The Hall–Kier alpha value is -3.67. The molecule has 0 aliphatic carbocycles. The summed E-state index contributed by atoms with van der Waals surface area (Å²) in [7, 11) is 4.47. The molecule has 3 aromatic carbocycles. The first kappa shape index (κ1) is 19.1. The summed E-state index contributed by atoms with van der Waals surface area (Å²) in [5.41, 5.74) is 0.277. The fourth-order valence-corrected chi connectivity index (χ4v) is 2.57. The van der Waals surface area contributed by atoms with Crippen molar-refractivity contribution in [2.45, 2.75) is 0 Å². The van der Waals surface area contributed by atoms with E-state index in [4.69, 9.17) is 23.7 Å². The van der Waals surface area contributed by atoms with Gasteiger partial charge < -0.3 is 23.7 Å². The molecule has 0 fully saturated rings. The van der Waals surface area contributed by atoms with Crippen molar-refractivity contribution >= 4 is 5.97 Å². The lowest BCUT2D eigenvalue weighted by molar-refractivity contribution is 0.0733. The van der Waals surface area contributed by atoms with Crippen LogP contribution in [0.15, 0.2) is 66.7 Å². The topological polar surface area (TPSA) is 63.2 Å². The van der Waals surface area contributed by atoms with E-state index in [1.807, 2.05) is 30.3 Å². The van der Waals surface area contributed by atoms with Crippen LogP contribution in [0.4, 0.5) is 0 Å². The Bertz CT molecular complexity index is 910. The van der Waals surface area contributed by atoms with Gasteiger partial charge in [-0.3, -0.25) is 0 Å². The zero-order valence-electron chi connectivity index (χ0n) is 15.8. The maximum absolute atomic E-state index is 12.5. The molecule has 3 aromatic rings. The first-order valence-electron chi connectivity index (χ1n) is 8.49. The van der Waals surface area contributed by atoms with E-state index in [1.165, 1.54) is 33.5 Å². The molecule has 6 heteroatoms. The van der Waals surface area contributed by atoms with Crippen molar-refractivity contribution in [2.75, 3.05) is 21.3 Å². The van der Waals surface area contributed by atoms with E-state index in [-0.39, 0.29) is 5.56 Å². The zero-order valence-corrected chi connectivity index (χ0v) is 15.8. The Morgan fingerprint density at radius 1 is 0.679 bits per heavy atom. The van der Waals surface area contributed by atoms with Gasteiger partial charge in [0.05, 0.1) is 26.9 Å². The number of hydrogen-bond acceptors (Lipinski definition) is 6. The average molecular weight is 380 g/mol. The van der Waals surface area contributed by atoms with Crippen LogP contribution in [0.3, 0.4) is 0 Å². The number of benzene rings is 3. The minimum Gasteiger partial charge on any atom is -0.493 e. The van der Waals surface area contributed by atoms with E-state index in [0.717, 1.165) is 5.75 Å². The quantitative estimate of drug-likeness (QED) is 0.436. The third kappa shape index (κ3) is 4.35. The number of carbonyl (C=O) groups excluding carboxylic acids is 1. The lowest BCUT2D eigenvalue weighted by Gasteiger charge is -2.13. The van der Waals surface area contributed by atoms with Crippen LogP contribution < -0.4 is 23.7 Å². The molecule has 0 amide bonds. The smallest absolute Gasteiger partial charge is 0.343 e. The molecule has 0 saturated carbocycles. The van der Waals surface area contributed by atoms with E-state index < -0.39 is 5.97 Å². The molecule has 28 heavy (non-hydrogen) atoms. The average Bonchev–Trinajstić information content (AvgIpc) is 2.74. The molecule has 0 atom stereocenters. The van der Waals surface area contributed by atoms with Gasteiger partial charge in [0.2, 0.25) is 5.75 Å². The Balaban J connectivity index is 1.74. The van der Waals surface area contributed by atoms with E-state index in [9.17, 15) is 4.79 Å². The fourth-order valence-electron chi connectivity index (χ4n) is 2.57. The summed E-state index contributed by atoms with van der Waals surface area (Å²) in [6.45, 7) is 0. The molecule has 144 valence electrons. The highest BCUT2D eigenvalue weighted by Crippen LogP contribution is 2.38. The summed E-state index contributed by atoms with van der Waals surface area (Å²) < 4.78 is 26.9. The molecule has 3 rings (SSSR count). The number of para-hydroxylation sites is 1. The molecular weight excluding hydrogens is 360 g/mol. The predicted molar refractivity (Wildman–Crippen MR) is 104 cm³/mol. The number of methoxy groups -OCH3 is 3. The van der Waals surface area contributed by atoms with Gasteiger partial charge in [0.1, 0.15) is 17.2 Å². The van der Waals surface area contributed by atoms with E-state index >= 15 is 0 Å². The fraction of sp³-hybridized carbons (Fsp3) is 0.136. The van der Waals surface area contributed by atoms with Crippen molar-refractivity contribution in [2.24, 2.45) is 0 Å². The summed E-state index contributed by atoms with van der Waals surface area (Å²) >= 11 is 0. The molecule has 0 N–H and O–H groups in total. The number of esters is 1. The number of hydrogen-bond donors (Lipinski definition) is 0. The Morgan fingerprint density at radius 3 is 1.75 bits per heavy atom. The molecule has 0 radical (unpaired) electrons. The van der Waals surface area contributed by atoms with Crippen LogP contribution in [0.25, 0.3) is 0 Å². The predicted octanol–water partition coefficient (Wildman–Crippen LogP) is 4.72. The number of rotatable bonds is 7. The molecule has 0 bridgehead atoms. The monoisotopic (exact) mass is 380 g/mol. The van der Waals surface area contributed by atoms with E-state index in [1.54, 1.807) is 24.3 Å². The van der Waals surface area contributed by atoms with Crippen molar-refractivity contribution in [1.29, 1.82) is 0 Å². The molecule has 0 saturated heterocycles. The maximum Gasteiger partial charge on any atom is 0.343 e. The van der Waals surface area contributed by atoms with Crippen molar-refractivity contribution in [1.82, 2.24) is 0 Å². The first-order chi connectivity index (χ1) is 13.6. The van der Waals surface area contributed by atoms with Gasteiger partial charge in [-0.05, 0) is 48.5 Å². The highest BCUT2D eigenvalue weighted by molar-refractivity contribution is 5.92. The highest BCUT2D eigenvalue weighted by atomic mass is 16.5. The van der Waals surface area contributed by atoms with Crippen molar-refractivity contribution in [3.8, 4) is 34.5 Å². The summed E-state index contributed by atoms with van der Waals surface area (Å²) in [6.07, 6.45) is 0. The molecule has 0 aromatic heterocycles. The van der Waals surface area contributed by atoms with Crippen LogP contribution in [0.2, 0.25) is 0 Å². The van der Waals surface area contributed by atoms with Gasteiger partial charge in [0.15, 0.2) is 11.5 Å². The van der Waals surface area contributed by atoms with Crippen LogP contribution in [-0.4, -0.2) is 27.3 Å². The maximum atomic E-state index is 12.5. The minimum absolute atomic E-state index is 0.277. The summed E-state index contributed by atoms with van der Waals surface area (Å²) in [4.78, 5) is 12.5. The van der Waals surface area contributed by atoms with Crippen molar-refractivity contribution < 1.29 is 28.5 Å². The molecule has 0 aliphatic heterocycles. The van der Waals surface area contributed by atoms with Crippen LogP contribution in [0.5, 0.6) is 34.5 Å². The van der Waals surface area contributed by atoms with Gasteiger partial charge in [0.25, 0.3) is 0 Å². The minimum atomic E-state index is -0.545. The second-order valence-electron chi connectivity index (χ2n) is 5.69. The molecule has 0 aliphatic rings. The van der Waals surface area contributed by atoms with Crippen LogP contribution >= 0.6 is 0 Å². The van der Waals surface area contributed by atoms with Gasteiger partial charge in [-0.1, -0.05) is 18.2 Å².